The smallest absolute Gasteiger partial charge is 0.320 e. The molecule has 6 nitrogen and oxygen atoms in total. The van der Waals surface area contributed by atoms with Gasteiger partial charge in [-0.3, -0.25) is 4.79 Å². The maximum Gasteiger partial charge on any atom is 0.320 e. The van der Waals surface area contributed by atoms with Crippen molar-refractivity contribution < 1.29 is 9.90 Å². The number of carboxylic acid groups (broad SMARTS) is 1. The molecule has 0 aromatic carbocycles. The van der Waals surface area contributed by atoms with Crippen LogP contribution in [0.15, 0.2) is 18.5 Å². The summed E-state index contributed by atoms with van der Waals surface area (Å²) in [7, 11) is 0. The van der Waals surface area contributed by atoms with Crippen LogP contribution < -0.4 is 10.2 Å². The average molecular weight is 250 g/mol. The van der Waals surface area contributed by atoms with Crippen molar-refractivity contribution in [2.45, 2.75) is 31.8 Å². The molecular weight excluding hydrogens is 232 g/mol. The molecule has 0 radical (unpaired) electrons. The molecule has 2 heterocycles. The quantitative estimate of drug-likeness (QED) is 0.810. The first-order chi connectivity index (χ1) is 8.66. The van der Waals surface area contributed by atoms with Gasteiger partial charge in [-0.25, -0.2) is 9.97 Å². The second-order valence-corrected chi connectivity index (χ2v) is 4.54. The molecule has 0 amide bonds. The summed E-state index contributed by atoms with van der Waals surface area (Å²) in [5.41, 5.74) is 0. The zero-order valence-corrected chi connectivity index (χ0v) is 10.4. The number of anilines is 1. The predicted molar refractivity (Wildman–Crippen MR) is 67.5 cm³/mol. The summed E-state index contributed by atoms with van der Waals surface area (Å²) in [6.45, 7) is 3.39. The topological polar surface area (TPSA) is 78.3 Å². The molecule has 1 atom stereocenters. The summed E-state index contributed by atoms with van der Waals surface area (Å²) in [5.74, 6) is -0.0499. The number of hydrogen-bond acceptors (Lipinski definition) is 5. The van der Waals surface area contributed by atoms with Crippen LogP contribution in [0.2, 0.25) is 0 Å². The SMILES string of the molecule is CC(NC1CCN(c2ncccn2)CC1)C(=O)O. The normalized spacial score (nSPS) is 18.6. The molecule has 1 aromatic heterocycles. The van der Waals surface area contributed by atoms with E-state index in [2.05, 4.69) is 20.2 Å². The summed E-state index contributed by atoms with van der Waals surface area (Å²) < 4.78 is 0. The number of aromatic nitrogens is 2. The van der Waals surface area contributed by atoms with Gasteiger partial charge in [-0.1, -0.05) is 0 Å². The van der Waals surface area contributed by atoms with Gasteiger partial charge in [0.05, 0.1) is 0 Å². The first-order valence-electron chi connectivity index (χ1n) is 6.17. The highest BCUT2D eigenvalue weighted by Crippen LogP contribution is 2.15. The highest BCUT2D eigenvalue weighted by Gasteiger charge is 2.23. The van der Waals surface area contributed by atoms with E-state index in [0.717, 1.165) is 31.9 Å². The Balaban J connectivity index is 1.83. The van der Waals surface area contributed by atoms with Gasteiger partial charge in [0.2, 0.25) is 5.95 Å². The predicted octanol–water partition coefficient (Wildman–Crippen LogP) is 0.508. The van der Waals surface area contributed by atoms with E-state index in [1.165, 1.54) is 0 Å². The standard InChI is InChI=1S/C12H18N4O2/c1-9(11(17)18)15-10-3-7-16(8-4-10)12-13-5-2-6-14-12/h2,5-6,9-10,15H,3-4,7-8H2,1H3,(H,17,18). The molecule has 6 heteroatoms. The van der Waals surface area contributed by atoms with E-state index in [1.807, 2.05) is 0 Å². The Labute approximate surface area is 106 Å². The van der Waals surface area contributed by atoms with Gasteiger partial charge in [-0.05, 0) is 25.8 Å². The molecule has 1 aliphatic rings. The van der Waals surface area contributed by atoms with Gasteiger partial charge in [0.25, 0.3) is 0 Å². The number of nitrogens with zero attached hydrogens (tertiary/aromatic N) is 3. The molecule has 0 aliphatic carbocycles. The molecule has 0 spiro atoms. The first-order valence-corrected chi connectivity index (χ1v) is 6.17. The summed E-state index contributed by atoms with van der Waals surface area (Å²) in [5, 5.41) is 12.0. The van der Waals surface area contributed by atoms with E-state index < -0.39 is 12.0 Å². The minimum Gasteiger partial charge on any atom is -0.480 e. The zero-order chi connectivity index (χ0) is 13.0. The lowest BCUT2D eigenvalue weighted by Gasteiger charge is -2.33. The summed E-state index contributed by atoms with van der Waals surface area (Å²) in [6.07, 6.45) is 5.30. The van der Waals surface area contributed by atoms with Gasteiger partial charge < -0.3 is 15.3 Å². The van der Waals surface area contributed by atoms with Crippen LogP contribution in [0, 0.1) is 0 Å². The number of aliphatic carboxylic acids is 1. The van der Waals surface area contributed by atoms with Gasteiger partial charge in [0, 0.05) is 31.5 Å². The lowest BCUT2D eigenvalue weighted by Crippen LogP contribution is -2.48. The molecule has 1 aliphatic heterocycles. The van der Waals surface area contributed by atoms with E-state index in [9.17, 15) is 4.79 Å². The minimum atomic E-state index is -0.802. The lowest BCUT2D eigenvalue weighted by molar-refractivity contribution is -0.139. The minimum absolute atomic E-state index is 0.260. The van der Waals surface area contributed by atoms with Crippen LogP contribution in [0.1, 0.15) is 19.8 Å². The van der Waals surface area contributed by atoms with Crippen molar-refractivity contribution >= 4 is 11.9 Å². The Kier molecular flexibility index (Phi) is 4.09. The highest BCUT2D eigenvalue weighted by molar-refractivity contribution is 5.72. The molecule has 1 unspecified atom stereocenters. The highest BCUT2D eigenvalue weighted by atomic mass is 16.4. The molecule has 0 saturated carbocycles. The summed E-state index contributed by atoms with van der Waals surface area (Å²) in [4.78, 5) is 21.3. The molecule has 1 aromatic rings. The Morgan fingerprint density at radius 3 is 2.61 bits per heavy atom. The third-order valence-corrected chi connectivity index (χ3v) is 3.19. The van der Waals surface area contributed by atoms with Crippen molar-refractivity contribution in [3.8, 4) is 0 Å². The maximum absolute atomic E-state index is 10.8. The van der Waals surface area contributed by atoms with Crippen molar-refractivity contribution in [1.82, 2.24) is 15.3 Å². The zero-order valence-electron chi connectivity index (χ0n) is 10.4. The van der Waals surface area contributed by atoms with Gasteiger partial charge in [-0.15, -0.1) is 0 Å². The number of carboxylic acids is 1. The fourth-order valence-corrected chi connectivity index (χ4v) is 2.13. The Morgan fingerprint density at radius 1 is 1.44 bits per heavy atom. The number of hydrogen-bond donors (Lipinski definition) is 2. The van der Waals surface area contributed by atoms with E-state index in [4.69, 9.17) is 5.11 Å². The lowest BCUT2D eigenvalue weighted by atomic mass is 10.0. The second-order valence-electron chi connectivity index (χ2n) is 4.54. The summed E-state index contributed by atoms with van der Waals surface area (Å²) >= 11 is 0. The van der Waals surface area contributed by atoms with Crippen LogP contribution in [0.3, 0.4) is 0 Å². The molecule has 98 valence electrons. The third-order valence-electron chi connectivity index (χ3n) is 3.19. The third kappa shape index (κ3) is 3.16. The largest absolute Gasteiger partial charge is 0.480 e. The van der Waals surface area contributed by atoms with E-state index in [-0.39, 0.29) is 6.04 Å². The van der Waals surface area contributed by atoms with Crippen LogP contribution >= 0.6 is 0 Å². The molecule has 18 heavy (non-hydrogen) atoms. The number of nitrogens with one attached hydrogen (secondary N) is 1. The van der Waals surface area contributed by atoms with Crippen molar-refractivity contribution in [2.75, 3.05) is 18.0 Å². The molecule has 1 fully saturated rings. The van der Waals surface area contributed by atoms with Gasteiger partial charge in [0.1, 0.15) is 6.04 Å². The fraction of sp³-hybridized carbons (Fsp3) is 0.583. The van der Waals surface area contributed by atoms with Crippen LogP contribution in [0.4, 0.5) is 5.95 Å². The molecule has 2 rings (SSSR count). The van der Waals surface area contributed by atoms with Crippen molar-refractivity contribution in [3.63, 3.8) is 0 Å². The molecular formula is C12H18N4O2. The maximum atomic E-state index is 10.8. The number of carbonyl (C=O) groups is 1. The average Bonchev–Trinajstić information content (AvgIpc) is 2.40. The van der Waals surface area contributed by atoms with Crippen LogP contribution in [-0.2, 0) is 4.79 Å². The molecule has 0 bridgehead atoms. The van der Waals surface area contributed by atoms with Gasteiger partial charge in [-0.2, -0.15) is 0 Å². The van der Waals surface area contributed by atoms with Gasteiger partial charge in [0.15, 0.2) is 0 Å². The van der Waals surface area contributed by atoms with Crippen molar-refractivity contribution in [2.24, 2.45) is 0 Å². The first kappa shape index (κ1) is 12.8. The van der Waals surface area contributed by atoms with Crippen LogP contribution in [-0.4, -0.2) is 46.2 Å². The van der Waals surface area contributed by atoms with E-state index >= 15 is 0 Å². The Bertz CT molecular complexity index is 390. The van der Waals surface area contributed by atoms with Crippen molar-refractivity contribution in [3.05, 3.63) is 18.5 Å². The number of piperidine rings is 1. The van der Waals surface area contributed by atoms with Crippen LogP contribution in [0.25, 0.3) is 0 Å². The van der Waals surface area contributed by atoms with Crippen LogP contribution in [0.5, 0.6) is 0 Å². The van der Waals surface area contributed by atoms with Gasteiger partial charge >= 0.3 is 5.97 Å². The van der Waals surface area contributed by atoms with E-state index in [1.54, 1.807) is 25.4 Å². The Morgan fingerprint density at radius 2 is 2.06 bits per heavy atom. The molecule has 2 N–H and O–H groups in total. The second kappa shape index (κ2) is 5.77. The Hall–Kier alpha value is -1.69. The monoisotopic (exact) mass is 250 g/mol. The summed E-state index contributed by atoms with van der Waals surface area (Å²) in [6, 6.07) is 1.57. The molecule has 1 saturated heterocycles. The fourth-order valence-electron chi connectivity index (χ4n) is 2.13. The van der Waals surface area contributed by atoms with Crippen molar-refractivity contribution in [1.29, 1.82) is 0 Å². The number of rotatable bonds is 4. The van der Waals surface area contributed by atoms with E-state index in [0.29, 0.717) is 0 Å².